The number of hydrogen-bond acceptors (Lipinski definition) is 2. The molecule has 1 heterocycles. The topological polar surface area (TPSA) is 23.6 Å². The largest absolute Gasteiger partial charge is 0.309 e. The van der Waals surface area contributed by atoms with Gasteiger partial charge in [0.1, 0.15) is 0 Å². The summed E-state index contributed by atoms with van der Waals surface area (Å²) in [6.45, 7) is 7.47. The fraction of sp³-hybridized carbons (Fsp3) is 0.458. The van der Waals surface area contributed by atoms with Gasteiger partial charge >= 0.3 is 0 Å². The number of piperidine rings is 1. The van der Waals surface area contributed by atoms with Crippen molar-refractivity contribution in [2.24, 2.45) is 5.92 Å². The van der Waals surface area contributed by atoms with Crippen molar-refractivity contribution in [1.82, 2.24) is 4.90 Å². The standard InChI is InChI=1S/C24H32N2O.ClH/c1-20(2)19-24(27)26(22-11-7-4-8-12-22)23-14-17-25(18-15-23)16-13-21-9-5-3-6-10-21;/h3-12,20,23H,13-19H2,1-2H3;1H. The lowest BCUT2D eigenvalue weighted by atomic mass is 9.99. The summed E-state index contributed by atoms with van der Waals surface area (Å²) in [5, 5.41) is 0. The smallest absolute Gasteiger partial charge is 0.227 e. The molecule has 3 nitrogen and oxygen atoms in total. The van der Waals surface area contributed by atoms with E-state index >= 15 is 0 Å². The molecule has 3 rings (SSSR count). The van der Waals surface area contributed by atoms with E-state index in [2.05, 4.69) is 66.1 Å². The van der Waals surface area contributed by atoms with Gasteiger partial charge in [0.15, 0.2) is 0 Å². The first kappa shape index (κ1) is 22.4. The van der Waals surface area contributed by atoms with Gasteiger partial charge in [-0.3, -0.25) is 4.79 Å². The molecule has 0 atom stereocenters. The predicted molar refractivity (Wildman–Crippen MR) is 120 cm³/mol. The van der Waals surface area contributed by atoms with Crippen molar-refractivity contribution in [2.75, 3.05) is 24.5 Å². The van der Waals surface area contributed by atoms with Gasteiger partial charge in [-0.15, -0.1) is 12.4 Å². The number of carbonyl (C=O) groups excluding carboxylic acids is 1. The van der Waals surface area contributed by atoms with E-state index in [4.69, 9.17) is 0 Å². The molecule has 4 heteroatoms. The van der Waals surface area contributed by atoms with E-state index in [-0.39, 0.29) is 18.3 Å². The van der Waals surface area contributed by atoms with Crippen LogP contribution in [0.15, 0.2) is 60.7 Å². The molecule has 0 radical (unpaired) electrons. The van der Waals surface area contributed by atoms with Crippen LogP contribution in [0.25, 0.3) is 0 Å². The minimum absolute atomic E-state index is 0. The second-order valence-electron chi connectivity index (χ2n) is 8.01. The van der Waals surface area contributed by atoms with Crippen molar-refractivity contribution in [3.8, 4) is 0 Å². The first-order valence-electron chi connectivity index (χ1n) is 10.3. The Hall–Kier alpha value is -1.84. The molecule has 1 fully saturated rings. The van der Waals surface area contributed by atoms with Gasteiger partial charge in [0.2, 0.25) is 5.91 Å². The Morgan fingerprint density at radius 1 is 1.00 bits per heavy atom. The Bertz CT molecular complexity index is 697. The molecule has 0 unspecified atom stereocenters. The third kappa shape index (κ3) is 6.35. The molecule has 1 aliphatic rings. The van der Waals surface area contributed by atoms with E-state index in [0.29, 0.717) is 18.4 Å². The van der Waals surface area contributed by atoms with Gasteiger partial charge in [0.25, 0.3) is 0 Å². The molecular formula is C24H33ClN2O. The molecule has 1 amide bonds. The normalized spacial score (nSPS) is 15.2. The van der Waals surface area contributed by atoms with Crippen LogP contribution < -0.4 is 4.90 Å². The summed E-state index contributed by atoms with van der Waals surface area (Å²) in [6, 6.07) is 21.2. The van der Waals surface area contributed by atoms with Crippen LogP contribution >= 0.6 is 12.4 Å². The number of anilines is 1. The predicted octanol–water partition coefficient (Wildman–Crippen LogP) is 5.19. The zero-order chi connectivity index (χ0) is 19.1. The quantitative estimate of drug-likeness (QED) is 0.638. The van der Waals surface area contributed by atoms with Crippen molar-refractivity contribution in [2.45, 2.75) is 45.6 Å². The van der Waals surface area contributed by atoms with Crippen LogP contribution in [0.2, 0.25) is 0 Å². The first-order chi connectivity index (χ1) is 13.1. The number of para-hydroxylation sites is 1. The van der Waals surface area contributed by atoms with E-state index in [0.717, 1.165) is 44.6 Å². The second-order valence-corrected chi connectivity index (χ2v) is 8.01. The van der Waals surface area contributed by atoms with Crippen LogP contribution in [-0.2, 0) is 11.2 Å². The number of amides is 1. The maximum atomic E-state index is 13.0. The number of hydrogen-bond donors (Lipinski definition) is 0. The molecule has 0 aromatic heterocycles. The van der Waals surface area contributed by atoms with Gasteiger partial charge in [-0.2, -0.15) is 0 Å². The molecule has 0 saturated carbocycles. The van der Waals surface area contributed by atoms with Crippen molar-refractivity contribution in [3.05, 3.63) is 66.2 Å². The fourth-order valence-corrected chi connectivity index (χ4v) is 3.93. The molecule has 28 heavy (non-hydrogen) atoms. The number of likely N-dealkylation sites (tertiary alicyclic amines) is 1. The van der Waals surface area contributed by atoms with Crippen LogP contribution in [0.4, 0.5) is 5.69 Å². The van der Waals surface area contributed by atoms with Crippen molar-refractivity contribution in [3.63, 3.8) is 0 Å². The van der Waals surface area contributed by atoms with Crippen molar-refractivity contribution >= 4 is 24.0 Å². The van der Waals surface area contributed by atoms with Crippen LogP contribution in [0, 0.1) is 5.92 Å². The SMILES string of the molecule is CC(C)CC(=O)N(c1ccccc1)C1CCN(CCc2ccccc2)CC1.Cl. The molecule has 1 saturated heterocycles. The Labute approximate surface area is 176 Å². The van der Waals surface area contributed by atoms with Crippen molar-refractivity contribution < 1.29 is 4.79 Å². The molecule has 152 valence electrons. The summed E-state index contributed by atoms with van der Waals surface area (Å²) in [5.41, 5.74) is 2.45. The fourth-order valence-electron chi connectivity index (χ4n) is 3.93. The number of nitrogens with zero attached hydrogens (tertiary/aromatic N) is 2. The monoisotopic (exact) mass is 400 g/mol. The highest BCUT2D eigenvalue weighted by Gasteiger charge is 2.29. The zero-order valence-electron chi connectivity index (χ0n) is 17.1. The van der Waals surface area contributed by atoms with Gasteiger partial charge in [-0.1, -0.05) is 62.4 Å². The van der Waals surface area contributed by atoms with Gasteiger partial charge in [-0.25, -0.2) is 0 Å². The molecule has 1 aliphatic heterocycles. The summed E-state index contributed by atoms with van der Waals surface area (Å²) < 4.78 is 0. The van der Waals surface area contributed by atoms with Crippen LogP contribution in [-0.4, -0.2) is 36.5 Å². The van der Waals surface area contributed by atoms with Crippen molar-refractivity contribution in [1.29, 1.82) is 0 Å². The van der Waals surface area contributed by atoms with E-state index in [1.54, 1.807) is 0 Å². The highest BCUT2D eigenvalue weighted by atomic mass is 35.5. The Balaban J connectivity index is 0.00000280. The maximum absolute atomic E-state index is 13.0. The van der Waals surface area contributed by atoms with E-state index in [1.165, 1.54) is 5.56 Å². The summed E-state index contributed by atoms with van der Waals surface area (Å²) >= 11 is 0. The lowest BCUT2D eigenvalue weighted by molar-refractivity contribution is -0.120. The summed E-state index contributed by atoms with van der Waals surface area (Å²) in [6.07, 6.45) is 3.81. The minimum Gasteiger partial charge on any atom is -0.309 e. The minimum atomic E-state index is 0. The van der Waals surface area contributed by atoms with E-state index in [1.807, 2.05) is 18.2 Å². The van der Waals surface area contributed by atoms with E-state index in [9.17, 15) is 4.79 Å². The Kier molecular flexibility index (Phi) is 9.01. The molecule has 0 aliphatic carbocycles. The molecule has 2 aromatic carbocycles. The summed E-state index contributed by atoms with van der Waals surface area (Å²) in [5.74, 6) is 0.647. The van der Waals surface area contributed by atoms with Gasteiger partial charge in [-0.05, 0) is 42.9 Å². The molecule has 0 N–H and O–H groups in total. The average Bonchev–Trinajstić information content (AvgIpc) is 2.69. The number of rotatable bonds is 7. The van der Waals surface area contributed by atoms with Crippen LogP contribution in [0.1, 0.15) is 38.7 Å². The highest BCUT2D eigenvalue weighted by Crippen LogP contribution is 2.25. The molecule has 2 aromatic rings. The Morgan fingerprint density at radius 3 is 2.14 bits per heavy atom. The maximum Gasteiger partial charge on any atom is 0.227 e. The third-order valence-corrected chi connectivity index (χ3v) is 5.37. The molecule has 0 bridgehead atoms. The van der Waals surface area contributed by atoms with Crippen LogP contribution in [0.3, 0.4) is 0 Å². The zero-order valence-corrected chi connectivity index (χ0v) is 17.9. The molecular weight excluding hydrogens is 368 g/mol. The van der Waals surface area contributed by atoms with Gasteiger partial charge in [0.05, 0.1) is 0 Å². The second kappa shape index (κ2) is 11.2. The molecule has 0 spiro atoms. The Morgan fingerprint density at radius 2 is 1.57 bits per heavy atom. The average molecular weight is 401 g/mol. The highest BCUT2D eigenvalue weighted by molar-refractivity contribution is 5.94. The number of halogens is 1. The lowest BCUT2D eigenvalue weighted by Crippen LogP contribution is -2.48. The lowest BCUT2D eigenvalue weighted by Gasteiger charge is -2.39. The van der Waals surface area contributed by atoms with E-state index < -0.39 is 0 Å². The summed E-state index contributed by atoms with van der Waals surface area (Å²) in [4.78, 5) is 17.6. The van der Waals surface area contributed by atoms with Crippen LogP contribution in [0.5, 0.6) is 0 Å². The first-order valence-corrected chi connectivity index (χ1v) is 10.3. The number of benzene rings is 2. The van der Waals surface area contributed by atoms with Gasteiger partial charge < -0.3 is 9.80 Å². The van der Waals surface area contributed by atoms with Gasteiger partial charge in [0, 0.05) is 37.8 Å². The third-order valence-electron chi connectivity index (χ3n) is 5.37. The number of carbonyl (C=O) groups is 1. The summed E-state index contributed by atoms with van der Waals surface area (Å²) in [7, 11) is 0.